The Morgan fingerprint density at radius 1 is 1.18 bits per heavy atom. The molecule has 1 heterocycles. The summed E-state index contributed by atoms with van der Waals surface area (Å²) >= 11 is 2.01. The van der Waals surface area contributed by atoms with Crippen molar-refractivity contribution >= 4 is 11.8 Å². The zero-order chi connectivity index (χ0) is 20.1. The van der Waals surface area contributed by atoms with Gasteiger partial charge >= 0.3 is 0 Å². The molecule has 2 nitrogen and oxygen atoms in total. The molecule has 150 valence electrons. The largest absolute Gasteiger partial charge is 0.494 e. The van der Waals surface area contributed by atoms with Crippen molar-refractivity contribution in [2.75, 3.05) is 6.61 Å². The van der Waals surface area contributed by atoms with Gasteiger partial charge in [0.15, 0.2) is 0 Å². The van der Waals surface area contributed by atoms with Crippen molar-refractivity contribution in [3.05, 3.63) is 81.6 Å². The normalized spacial score (nSPS) is 18.0. The second kappa shape index (κ2) is 9.56. The van der Waals surface area contributed by atoms with Gasteiger partial charge in [0, 0.05) is 27.7 Å². The van der Waals surface area contributed by atoms with Crippen LogP contribution in [0.3, 0.4) is 0 Å². The van der Waals surface area contributed by atoms with E-state index in [0.717, 1.165) is 24.3 Å². The second-order valence-corrected chi connectivity index (χ2v) is 8.94. The van der Waals surface area contributed by atoms with Gasteiger partial charge in [0.1, 0.15) is 5.76 Å². The summed E-state index contributed by atoms with van der Waals surface area (Å²) in [5.74, 6) is 1.05. The van der Waals surface area contributed by atoms with Crippen LogP contribution in [-0.4, -0.2) is 11.5 Å². The zero-order valence-electron chi connectivity index (χ0n) is 17.6. The van der Waals surface area contributed by atoms with Crippen LogP contribution in [0, 0.1) is 5.92 Å². The fourth-order valence-electron chi connectivity index (χ4n) is 3.95. The molecule has 1 aliphatic carbocycles. The molecule has 3 heteroatoms. The highest BCUT2D eigenvalue weighted by Crippen LogP contribution is 2.48. The molecule has 0 spiro atoms. The highest BCUT2D eigenvalue weighted by Gasteiger charge is 2.28. The fraction of sp³-hybridized carbons (Fsp3) is 0.440. The summed E-state index contributed by atoms with van der Waals surface area (Å²) in [7, 11) is 0. The van der Waals surface area contributed by atoms with Gasteiger partial charge in [0.05, 0.1) is 6.61 Å². The number of thioether (sulfide) groups is 1. The molecule has 0 saturated carbocycles. The first kappa shape index (κ1) is 20.9. The lowest BCUT2D eigenvalue weighted by molar-refractivity contribution is 0.234. The van der Waals surface area contributed by atoms with Crippen LogP contribution in [0.4, 0.5) is 0 Å². The van der Waals surface area contributed by atoms with E-state index in [0.29, 0.717) is 12.5 Å². The van der Waals surface area contributed by atoms with Crippen molar-refractivity contribution in [2.45, 2.75) is 59.4 Å². The third-order valence-corrected chi connectivity index (χ3v) is 7.11. The topological polar surface area (TPSA) is 12.5 Å². The molecule has 1 aliphatic heterocycles. The van der Waals surface area contributed by atoms with Crippen LogP contribution in [0.15, 0.2) is 76.0 Å². The van der Waals surface area contributed by atoms with Crippen LogP contribution in [0.25, 0.3) is 0 Å². The van der Waals surface area contributed by atoms with Gasteiger partial charge in [-0.2, -0.15) is 0 Å². The van der Waals surface area contributed by atoms with E-state index in [2.05, 4.69) is 62.2 Å². The van der Waals surface area contributed by atoms with E-state index >= 15 is 0 Å². The van der Waals surface area contributed by atoms with E-state index in [1.54, 1.807) is 10.6 Å². The molecular weight excluding hydrogens is 362 g/mol. The fourth-order valence-corrected chi connectivity index (χ4v) is 5.41. The van der Waals surface area contributed by atoms with Crippen molar-refractivity contribution in [2.24, 2.45) is 5.92 Å². The number of benzene rings is 1. The van der Waals surface area contributed by atoms with Gasteiger partial charge in [-0.05, 0) is 63.0 Å². The Kier molecular flexibility index (Phi) is 7.12. The predicted octanol–water partition coefficient (Wildman–Crippen LogP) is 7.39. The summed E-state index contributed by atoms with van der Waals surface area (Å²) in [5.41, 5.74) is 5.33. The monoisotopic (exact) mass is 395 g/mol. The number of hydrogen-bond donors (Lipinski definition) is 0. The van der Waals surface area contributed by atoms with Gasteiger partial charge in [-0.25, -0.2) is 0 Å². The summed E-state index contributed by atoms with van der Waals surface area (Å²) < 4.78 is 5.59. The van der Waals surface area contributed by atoms with Crippen molar-refractivity contribution in [3.63, 3.8) is 0 Å². The maximum Gasteiger partial charge on any atom is 0.114 e. The summed E-state index contributed by atoms with van der Waals surface area (Å²) in [5, 5.41) is 0. The Bertz CT molecular complexity index is 790. The molecule has 0 aromatic heterocycles. The molecule has 0 bridgehead atoms. The molecule has 0 saturated heterocycles. The first-order chi connectivity index (χ1) is 13.5. The summed E-state index contributed by atoms with van der Waals surface area (Å²) in [6, 6.07) is 10.8. The van der Waals surface area contributed by atoms with Gasteiger partial charge in [-0.1, -0.05) is 62.2 Å². The van der Waals surface area contributed by atoms with Crippen molar-refractivity contribution in [1.29, 1.82) is 0 Å². The van der Waals surface area contributed by atoms with Crippen LogP contribution in [0.5, 0.6) is 0 Å². The maximum absolute atomic E-state index is 5.59. The minimum atomic E-state index is 0.320. The van der Waals surface area contributed by atoms with E-state index in [1.807, 2.05) is 18.7 Å². The van der Waals surface area contributed by atoms with Crippen molar-refractivity contribution in [3.8, 4) is 0 Å². The van der Waals surface area contributed by atoms with E-state index in [1.165, 1.54) is 41.8 Å². The lowest BCUT2D eigenvalue weighted by Gasteiger charge is -2.38. The Morgan fingerprint density at radius 2 is 1.89 bits per heavy atom. The van der Waals surface area contributed by atoms with Crippen LogP contribution in [-0.2, 0) is 11.3 Å². The highest BCUT2D eigenvalue weighted by atomic mass is 32.2. The van der Waals surface area contributed by atoms with Crippen LogP contribution in [0.1, 0.15) is 58.4 Å². The van der Waals surface area contributed by atoms with Gasteiger partial charge < -0.3 is 9.64 Å². The average molecular weight is 396 g/mol. The minimum Gasteiger partial charge on any atom is -0.494 e. The van der Waals surface area contributed by atoms with E-state index in [-0.39, 0.29) is 0 Å². The Hall–Kier alpha value is -1.87. The summed E-state index contributed by atoms with van der Waals surface area (Å²) in [6.07, 6.45) is 6.01. The van der Waals surface area contributed by atoms with Gasteiger partial charge in [0.2, 0.25) is 0 Å². The Labute approximate surface area is 175 Å². The third-order valence-electron chi connectivity index (χ3n) is 5.72. The molecule has 1 aromatic rings. The third kappa shape index (κ3) is 4.75. The molecule has 3 rings (SSSR count). The first-order valence-electron chi connectivity index (χ1n) is 10.4. The molecule has 0 radical (unpaired) electrons. The second-order valence-electron chi connectivity index (χ2n) is 7.75. The van der Waals surface area contributed by atoms with Gasteiger partial charge in [0.25, 0.3) is 0 Å². The standard InChI is InChI=1S/C25H33NOS/c1-6-27-21(5)19(3)18(2)16-25-20(4)26(17-22-12-8-7-9-13-22)23-14-10-11-15-24(23)28-25/h7-9,12-13,18H,3,5-6,10-11,14-17H2,1-2,4H3/t18-/m0/s1. The predicted molar refractivity (Wildman–Crippen MR) is 121 cm³/mol. The zero-order valence-corrected chi connectivity index (χ0v) is 18.4. The SMILES string of the molecule is C=C(OCC)C(=C)[C@@H](C)CC1=C(C)N(Cc2ccccc2)C2=C(CCCC2)S1. The molecule has 28 heavy (non-hydrogen) atoms. The highest BCUT2D eigenvalue weighted by molar-refractivity contribution is 8.06. The molecule has 0 unspecified atom stereocenters. The van der Waals surface area contributed by atoms with Crippen LogP contribution in [0.2, 0.25) is 0 Å². The van der Waals surface area contributed by atoms with Crippen molar-refractivity contribution in [1.82, 2.24) is 4.90 Å². The lowest BCUT2D eigenvalue weighted by atomic mass is 9.96. The molecule has 0 N–H and O–H groups in total. The van der Waals surface area contributed by atoms with Crippen molar-refractivity contribution < 1.29 is 4.74 Å². The smallest absolute Gasteiger partial charge is 0.114 e. The van der Waals surface area contributed by atoms with Gasteiger partial charge in [-0.15, -0.1) is 0 Å². The number of ether oxygens (including phenoxy) is 1. The lowest BCUT2D eigenvalue weighted by Crippen LogP contribution is -2.27. The first-order valence-corrected chi connectivity index (χ1v) is 11.2. The van der Waals surface area contributed by atoms with E-state index in [4.69, 9.17) is 4.74 Å². The van der Waals surface area contributed by atoms with Gasteiger partial charge in [-0.3, -0.25) is 0 Å². The molecule has 1 atom stereocenters. The molecule has 1 aromatic carbocycles. The Balaban J connectivity index is 1.82. The molecule has 0 fully saturated rings. The number of nitrogens with zero attached hydrogens (tertiary/aromatic N) is 1. The quantitative estimate of drug-likeness (QED) is 0.336. The Morgan fingerprint density at radius 3 is 2.61 bits per heavy atom. The maximum atomic E-state index is 5.59. The molecular formula is C25H33NOS. The molecule has 2 aliphatic rings. The van der Waals surface area contributed by atoms with Crippen LogP contribution >= 0.6 is 11.8 Å². The number of hydrogen-bond acceptors (Lipinski definition) is 3. The summed E-state index contributed by atoms with van der Waals surface area (Å²) in [6.45, 7) is 16.4. The summed E-state index contributed by atoms with van der Waals surface area (Å²) in [4.78, 5) is 5.61. The minimum absolute atomic E-state index is 0.320. The van der Waals surface area contributed by atoms with Crippen LogP contribution < -0.4 is 0 Å². The van der Waals surface area contributed by atoms with E-state index in [9.17, 15) is 0 Å². The average Bonchev–Trinajstić information content (AvgIpc) is 2.71. The van der Waals surface area contributed by atoms with E-state index < -0.39 is 0 Å². The number of allylic oxidation sites excluding steroid dienone is 5. The number of rotatable bonds is 8. The molecule has 0 amide bonds.